The third-order valence-electron chi connectivity index (χ3n) is 4.23. The number of carbonyl (C=O) groups excluding carboxylic acids is 1. The van der Waals surface area contributed by atoms with Crippen LogP contribution in [0.4, 0.5) is 0 Å². The summed E-state index contributed by atoms with van der Waals surface area (Å²) in [6, 6.07) is 7.06. The summed E-state index contributed by atoms with van der Waals surface area (Å²) in [6.07, 6.45) is 0.946. The monoisotopic (exact) mass is 335 g/mol. The lowest BCUT2D eigenvalue weighted by atomic mass is 10.2. The first-order valence-electron chi connectivity index (χ1n) is 8.00. The molecule has 0 atom stereocenters. The molecule has 3 rings (SSSR count). The second kappa shape index (κ2) is 7.34. The zero-order valence-electron chi connectivity index (χ0n) is 13.3. The molecule has 1 aliphatic rings. The molecule has 1 amide bonds. The first kappa shape index (κ1) is 16.3. The maximum Gasteiger partial charge on any atom is 0.287 e. The number of rotatable bonds is 5. The van der Waals surface area contributed by atoms with Crippen LogP contribution < -0.4 is 5.32 Å². The predicted molar refractivity (Wildman–Crippen MR) is 92.1 cm³/mol. The Morgan fingerprint density at radius 3 is 2.83 bits per heavy atom. The van der Waals surface area contributed by atoms with Crippen LogP contribution in [0.3, 0.4) is 0 Å². The molecule has 1 saturated heterocycles. The van der Waals surface area contributed by atoms with E-state index >= 15 is 0 Å². The number of amides is 1. The fourth-order valence-electron chi connectivity index (χ4n) is 2.79. The van der Waals surface area contributed by atoms with Crippen molar-refractivity contribution in [2.24, 2.45) is 0 Å². The summed E-state index contributed by atoms with van der Waals surface area (Å²) < 4.78 is 5.56. The summed E-state index contributed by atoms with van der Waals surface area (Å²) in [5.74, 6) is 0.164. The Morgan fingerprint density at radius 1 is 1.26 bits per heavy atom. The number of hydrogen-bond acceptors (Lipinski definition) is 4. The van der Waals surface area contributed by atoms with Gasteiger partial charge in [0.15, 0.2) is 5.76 Å². The molecule has 0 bridgehead atoms. The maximum absolute atomic E-state index is 12.1. The van der Waals surface area contributed by atoms with Gasteiger partial charge in [0.1, 0.15) is 5.58 Å². The Balaban J connectivity index is 1.45. The zero-order chi connectivity index (χ0) is 16.2. The standard InChI is InChI=1S/C17H22ClN3O2/c1-20-7-9-21(10-8-20)6-2-5-19-17(22)16-12-13-11-14(18)3-4-15(13)23-16/h3-4,11-12H,2,5-10H2,1H3,(H,19,22). The van der Waals surface area contributed by atoms with E-state index in [0.29, 0.717) is 22.9 Å². The molecular weight excluding hydrogens is 314 g/mol. The second-order valence-electron chi connectivity index (χ2n) is 6.05. The summed E-state index contributed by atoms with van der Waals surface area (Å²) in [6.45, 7) is 6.12. The largest absolute Gasteiger partial charge is 0.451 e. The van der Waals surface area contributed by atoms with Gasteiger partial charge in [0.05, 0.1) is 0 Å². The number of hydrogen-bond donors (Lipinski definition) is 1. The molecule has 0 spiro atoms. The fraction of sp³-hybridized carbons (Fsp3) is 0.471. The average Bonchev–Trinajstić information content (AvgIpc) is 2.96. The van der Waals surface area contributed by atoms with E-state index < -0.39 is 0 Å². The molecule has 0 unspecified atom stereocenters. The molecule has 0 aliphatic carbocycles. The van der Waals surface area contributed by atoms with Crippen molar-refractivity contribution in [2.45, 2.75) is 6.42 Å². The van der Waals surface area contributed by atoms with Crippen molar-refractivity contribution in [3.63, 3.8) is 0 Å². The highest BCUT2D eigenvalue weighted by atomic mass is 35.5. The second-order valence-corrected chi connectivity index (χ2v) is 6.48. The van der Waals surface area contributed by atoms with Gasteiger partial charge in [-0.15, -0.1) is 0 Å². The number of likely N-dealkylation sites (N-methyl/N-ethyl adjacent to an activating group) is 1. The van der Waals surface area contributed by atoms with Gasteiger partial charge in [-0.1, -0.05) is 11.6 Å². The van der Waals surface area contributed by atoms with Gasteiger partial charge in [-0.05, 0) is 44.3 Å². The van der Waals surface area contributed by atoms with Gasteiger partial charge in [-0.2, -0.15) is 0 Å². The summed E-state index contributed by atoms with van der Waals surface area (Å²) in [7, 11) is 2.15. The SMILES string of the molecule is CN1CCN(CCCNC(=O)c2cc3cc(Cl)ccc3o2)CC1. The average molecular weight is 336 g/mol. The van der Waals surface area contributed by atoms with Gasteiger partial charge in [-0.3, -0.25) is 4.79 Å². The van der Waals surface area contributed by atoms with Crippen molar-refractivity contribution in [1.29, 1.82) is 0 Å². The minimum atomic E-state index is -0.171. The van der Waals surface area contributed by atoms with Crippen molar-refractivity contribution < 1.29 is 9.21 Å². The normalized spacial score (nSPS) is 16.8. The predicted octanol–water partition coefficient (Wildman–Crippen LogP) is 2.45. The highest BCUT2D eigenvalue weighted by Gasteiger charge is 2.14. The van der Waals surface area contributed by atoms with Gasteiger partial charge in [0.25, 0.3) is 5.91 Å². The zero-order valence-corrected chi connectivity index (χ0v) is 14.1. The Morgan fingerprint density at radius 2 is 2.04 bits per heavy atom. The van der Waals surface area contributed by atoms with Crippen molar-refractivity contribution in [3.8, 4) is 0 Å². The fourth-order valence-corrected chi connectivity index (χ4v) is 2.97. The highest BCUT2D eigenvalue weighted by molar-refractivity contribution is 6.31. The smallest absolute Gasteiger partial charge is 0.287 e. The molecule has 5 nitrogen and oxygen atoms in total. The minimum absolute atomic E-state index is 0.171. The van der Waals surface area contributed by atoms with E-state index in [9.17, 15) is 4.79 Å². The Labute approximate surface area is 141 Å². The summed E-state index contributed by atoms with van der Waals surface area (Å²) in [5.41, 5.74) is 0.678. The molecule has 124 valence electrons. The van der Waals surface area contributed by atoms with E-state index in [-0.39, 0.29) is 5.91 Å². The van der Waals surface area contributed by atoms with Crippen LogP contribution in [0.25, 0.3) is 11.0 Å². The number of nitrogens with zero attached hydrogens (tertiary/aromatic N) is 2. The van der Waals surface area contributed by atoms with Crippen LogP contribution in [0.1, 0.15) is 17.0 Å². The minimum Gasteiger partial charge on any atom is -0.451 e. The van der Waals surface area contributed by atoms with Crippen LogP contribution in [0.5, 0.6) is 0 Å². The molecule has 1 aromatic heterocycles. The number of benzene rings is 1. The van der Waals surface area contributed by atoms with Crippen LogP contribution in [0, 0.1) is 0 Å². The van der Waals surface area contributed by atoms with Gasteiger partial charge < -0.3 is 19.5 Å². The summed E-state index contributed by atoms with van der Waals surface area (Å²) in [5, 5.41) is 4.40. The molecule has 6 heteroatoms. The third kappa shape index (κ3) is 4.25. The third-order valence-corrected chi connectivity index (χ3v) is 4.47. The van der Waals surface area contributed by atoms with E-state index in [1.54, 1.807) is 24.3 Å². The lowest BCUT2D eigenvalue weighted by molar-refractivity contribution is 0.0924. The number of halogens is 1. The Kier molecular flexibility index (Phi) is 5.20. The molecule has 1 aliphatic heterocycles. The van der Waals surface area contributed by atoms with Crippen LogP contribution in [-0.4, -0.2) is 62.0 Å². The maximum atomic E-state index is 12.1. The molecule has 23 heavy (non-hydrogen) atoms. The highest BCUT2D eigenvalue weighted by Crippen LogP contribution is 2.22. The van der Waals surface area contributed by atoms with E-state index in [0.717, 1.165) is 44.5 Å². The molecule has 1 aromatic carbocycles. The number of fused-ring (bicyclic) bond motifs is 1. The molecule has 1 N–H and O–H groups in total. The molecule has 2 heterocycles. The molecule has 0 radical (unpaired) electrons. The van der Waals surface area contributed by atoms with E-state index in [2.05, 4.69) is 22.2 Å². The molecule has 0 saturated carbocycles. The molecule has 1 fully saturated rings. The van der Waals surface area contributed by atoms with Gasteiger partial charge in [0.2, 0.25) is 0 Å². The number of furan rings is 1. The topological polar surface area (TPSA) is 48.7 Å². The van der Waals surface area contributed by atoms with Crippen LogP contribution in [-0.2, 0) is 0 Å². The van der Waals surface area contributed by atoms with E-state index in [4.69, 9.17) is 16.0 Å². The van der Waals surface area contributed by atoms with Crippen LogP contribution in [0.2, 0.25) is 5.02 Å². The Hall–Kier alpha value is -1.56. The van der Waals surface area contributed by atoms with Crippen LogP contribution in [0.15, 0.2) is 28.7 Å². The Bertz CT molecular complexity index is 678. The molecular formula is C17H22ClN3O2. The van der Waals surface area contributed by atoms with Crippen molar-refractivity contribution in [1.82, 2.24) is 15.1 Å². The number of piperazine rings is 1. The lowest BCUT2D eigenvalue weighted by Crippen LogP contribution is -2.45. The van der Waals surface area contributed by atoms with Gasteiger partial charge >= 0.3 is 0 Å². The number of nitrogens with one attached hydrogen (secondary N) is 1. The first-order chi connectivity index (χ1) is 11.1. The lowest BCUT2D eigenvalue weighted by Gasteiger charge is -2.32. The summed E-state index contributed by atoms with van der Waals surface area (Å²) in [4.78, 5) is 16.9. The van der Waals surface area contributed by atoms with Gasteiger partial charge in [-0.25, -0.2) is 0 Å². The molecule has 2 aromatic rings. The van der Waals surface area contributed by atoms with Crippen molar-refractivity contribution in [2.75, 3.05) is 46.3 Å². The van der Waals surface area contributed by atoms with Crippen LogP contribution >= 0.6 is 11.6 Å². The quantitative estimate of drug-likeness (QED) is 0.853. The van der Waals surface area contributed by atoms with Gasteiger partial charge in [0, 0.05) is 43.1 Å². The summed E-state index contributed by atoms with van der Waals surface area (Å²) >= 11 is 5.94. The van der Waals surface area contributed by atoms with E-state index in [1.807, 2.05) is 0 Å². The van der Waals surface area contributed by atoms with E-state index in [1.165, 1.54) is 0 Å². The first-order valence-corrected chi connectivity index (χ1v) is 8.38. The van der Waals surface area contributed by atoms with Crippen molar-refractivity contribution >= 4 is 28.5 Å². The number of carbonyl (C=O) groups is 1. The van der Waals surface area contributed by atoms with Crippen molar-refractivity contribution in [3.05, 3.63) is 35.0 Å².